The molecule has 0 saturated heterocycles. The Morgan fingerprint density at radius 3 is 2.82 bits per heavy atom. The summed E-state index contributed by atoms with van der Waals surface area (Å²) in [5.41, 5.74) is 0.729. The third-order valence-corrected chi connectivity index (χ3v) is 2.24. The van der Waals surface area contributed by atoms with E-state index in [0.717, 1.165) is 5.69 Å². The second-order valence-electron chi connectivity index (χ2n) is 3.44. The lowest BCUT2D eigenvalue weighted by molar-refractivity contribution is -0.119. The number of rotatable bonds is 4. The zero-order valence-corrected chi connectivity index (χ0v) is 10.2. The fraction of sp³-hybridized carbons (Fsp3) is 0.364. The van der Waals surface area contributed by atoms with Gasteiger partial charge < -0.3 is 5.32 Å². The van der Waals surface area contributed by atoms with Crippen LogP contribution in [0.25, 0.3) is 0 Å². The molecule has 0 aliphatic carbocycles. The summed E-state index contributed by atoms with van der Waals surface area (Å²) in [5.74, 6) is -0.208. The van der Waals surface area contributed by atoms with Crippen molar-refractivity contribution in [3.8, 4) is 0 Å². The number of amides is 3. The molecule has 0 aromatic carbocycles. The predicted octanol–water partition coefficient (Wildman–Crippen LogP) is 1.60. The number of imide groups is 1. The molecule has 1 unspecified atom stereocenters. The van der Waals surface area contributed by atoms with Gasteiger partial charge in [0.1, 0.15) is 0 Å². The first-order valence-corrected chi connectivity index (χ1v) is 5.74. The molecule has 1 aromatic heterocycles. The number of hydrogen-bond donors (Lipinski definition) is 2. The van der Waals surface area contributed by atoms with Crippen molar-refractivity contribution in [3.05, 3.63) is 30.1 Å². The summed E-state index contributed by atoms with van der Waals surface area (Å²) in [6.07, 6.45) is 1.76. The number of nitrogens with zero attached hydrogens (tertiary/aromatic N) is 1. The van der Waals surface area contributed by atoms with E-state index in [2.05, 4.69) is 15.6 Å². The van der Waals surface area contributed by atoms with Gasteiger partial charge in [-0.15, -0.1) is 11.6 Å². The van der Waals surface area contributed by atoms with Crippen LogP contribution in [0.2, 0.25) is 0 Å². The molecule has 92 valence electrons. The first-order chi connectivity index (χ1) is 8.13. The number of aromatic nitrogens is 1. The molecule has 5 nitrogen and oxygen atoms in total. The van der Waals surface area contributed by atoms with Crippen molar-refractivity contribution >= 4 is 23.5 Å². The van der Waals surface area contributed by atoms with Crippen molar-refractivity contribution in [2.45, 2.75) is 19.4 Å². The van der Waals surface area contributed by atoms with E-state index >= 15 is 0 Å². The number of pyridine rings is 1. The third-order valence-electron chi connectivity index (χ3n) is 2.05. The van der Waals surface area contributed by atoms with Gasteiger partial charge in [-0.25, -0.2) is 4.79 Å². The molecule has 3 amide bonds. The lowest BCUT2D eigenvalue weighted by Crippen LogP contribution is -2.40. The molecule has 0 fully saturated rings. The standard InChI is InChI=1S/C11H14ClN3O2/c1-8(9-4-2-3-7-13-9)14-11(17)15-10(16)5-6-12/h2-4,7-8H,5-6H2,1H3,(H2,14,15,16,17). The monoisotopic (exact) mass is 255 g/mol. The predicted molar refractivity (Wildman–Crippen MR) is 64.7 cm³/mol. The molecule has 0 radical (unpaired) electrons. The van der Waals surface area contributed by atoms with E-state index < -0.39 is 11.9 Å². The van der Waals surface area contributed by atoms with E-state index in [1.807, 2.05) is 6.07 Å². The van der Waals surface area contributed by atoms with Crippen molar-refractivity contribution in [2.75, 3.05) is 5.88 Å². The second-order valence-corrected chi connectivity index (χ2v) is 3.81. The first kappa shape index (κ1) is 13.4. The Kier molecular flexibility index (Phi) is 5.42. The Bertz CT molecular complexity index is 384. The van der Waals surface area contributed by atoms with Gasteiger partial charge in [0.15, 0.2) is 0 Å². The summed E-state index contributed by atoms with van der Waals surface area (Å²) >= 11 is 5.38. The highest BCUT2D eigenvalue weighted by Crippen LogP contribution is 2.06. The number of carbonyl (C=O) groups is 2. The van der Waals surface area contributed by atoms with Crippen LogP contribution in [-0.4, -0.2) is 22.8 Å². The highest BCUT2D eigenvalue weighted by Gasteiger charge is 2.12. The van der Waals surface area contributed by atoms with Gasteiger partial charge in [0, 0.05) is 18.5 Å². The van der Waals surface area contributed by atoms with E-state index in [1.165, 1.54) is 0 Å². The van der Waals surface area contributed by atoms with Gasteiger partial charge in [-0.05, 0) is 19.1 Å². The molecular weight excluding hydrogens is 242 g/mol. The highest BCUT2D eigenvalue weighted by atomic mass is 35.5. The molecule has 0 aliphatic rings. The topological polar surface area (TPSA) is 71.1 Å². The fourth-order valence-electron chi connectivity index (χ4n) is 1.21. The Labute approximate surface area is 105 Å². The second kappa shape index (κ2) is 6.85. The van der Waals surface area contributed by atoms with Crippen molar-refractivity contribution in [2.24, 2.45) is 0 Å². The minimum absolute atomic E-state index is 0.118. The Balaban J connectivity index is 2.44. The van der Waals surface area contributed by atoms with Crippen LogP contribution >= 0.6 is 11.6 Å². The first-order valence-electron chi connectivity index (χ1n) is 5.20. The molecule has 0 aliphatic heterocycles. The number of alkyl halides is 1. The Morgan fingerprint density at radius 2 is 2.24 bits per heavy atom. The van der Waals surface area contributed by atoms with Crippen LogP contribution in [0.4, 0.5) is 4.79 Å². The van der Waals surface area contributed by atoms with Crippen LogP contribution < -0.4 is 10.6 Å². The minimum Gasteiger partial charge on any atom is -0.330 e. The number of carbonyl (C=O) groups excluding carboxylic acids is 2. The maximum absolute atomic E-state index is 11.4. The minimum atomic E-state index is -0.543. The summed E-state index contributed by atoms with van der Waals surface area (Å²) in [4.78, 5) is 26.6. The number of hydrogen-bond acceptors (Lipinski definition) is 3. The van der Waals surface area contributed by atoms with Gasteiger partial charge in [0.2, 0.25) is 5.91 Å². The van der Waals surface area contributed by atoms with Crippen LogP contribution in [0.1, 0.15) is 25.1 Å². The maximum Gasteiger partial charge on any atom is 0.321 e. The molecule has 1 heterocycles. The molecule has 17 heavy (non-hydrogen) atoms. The average Bonchev–Trinajstić information content (AvgIpc) is 2.30. The molecule has 0 saturated carbocycles. The Hall–Kier alpha value is -1.62. The summed E-state index contributed by atoms with van der Waals surface area (Å²) in [5, 5.41) is 4.79. The van der Waals surface area contributed by atoms with Crippen molar-refractivity contribution in [1.29, 1.82) is 0 Å². The van der Waals surface area contributed by atoms with Gasteiger partial charge in [0.25, 0.3) is 0 Å². The third kappa shape index (κ3) is 4.82. The van der Waals surface area contributed by atoms with Crippen LogP contribution in [0.5, 0.6) is 0 Å². The fourth-order valence-corrected chi connectivity index (χ4v) is 1.39. The molecule has 2 N–H and O–H groups in total. The number of urea groups is 1. The number of halogens is 1. The van der Waals surface area contributed by atoms with Crippen LogP contribution in [0, 0.1) is 0 Å². The van der Waals surface area contributed by atoms with Crippen molar-refractivity contribution in [3.63, 3.8) is 0 Å². The Morgan fingerprint density at radius 1 is 1.47 bits per heavy atom. The van der Waals surface area contributed by atoms with Crippen molar-refractivity contribution < 1.29 is 9.59 Å². The number of nitrogens with one attached hydrogen (secondary N) is 2. The van der Waals surface area contributed by atoms with Gasteiger partial charge in [0.05, 0.1) is 11.7 Å². The van der Waals surface area contributed by atoms with E-state index in [-0.39, 0.29) is 18.3 Å². The zero-order valence-electron chi connectivity index (χ0n) is 9.44. The molecular formula is C11H14ClN3O2. The van der Waals surface area contributed by atoms with Gasteiger partial charge in [-0.2, -0.15) is 0 Å². The van der Waals surface area contributed by atoms with Crippen LogP contribution in [0.3, 0.4) is 0 Å². The molecule has 1 aromatic rings. The molecule has 0 bridgehead atoms. The zero-order chi connectivity index (χ0) is 12.7. The molecule has 0 spiro atoms. The summed E-state index contributed by atoms with van der Waals surface area (Å²) in [6.45, 7) is 1.79. The lowest BCUT2D eigenvalue weighted by Gasteiger charge is -2.13. The van der Waals surface area contributed by atoms with Crippen LogP contribution in [-0.2, 0) is 4.79 Å². The normalized spacial score (nSPS) is 11.6. The van der Waals surface area contributed by atoms with Gasteiger partial charge in [-0.3, -0.25) is 15.1 Å². The SMILES string of the molecule is CC(NC(=O)NC(=O)CCCl)c1ccccn1. The van der Waals surface area contributed by atoms with E-state index in [0.29, 0.717) is 0 Å². The quantitative estimate of drug-likeness (QED) is 0.803. The van der Waals surface area contributed by atoms with E-state index in [9.17, 15) is 9.59 Å². The van der Waals surface area contributed by atoms with Crippen LogP contribution in [0.15, 0.2) is 24.4 Å². The van der Waals surface area contributed by atoms with Gasteiger partial charge in [-0.1, -0.05) is 6.07 Å². The smallest absolute Gasteiger partial charge is 0.321 e. The largest absolute Gasteiger partial charge is 0.330 e. The van der Waals surface area contributed by atoms with E-state index in [1.54, 1.807) is 25.3 Å². The molecule has 1 atom stereocenters. The highest BCUT2D eigenvalue weighted by molar-refractivity contribution is 6.19. The molecule has 6 heteroatoms. The summed E-state index contributed by atoms with van der Waals surface area (Å²) < 4.78 is 0. The summed E-state index contributed by atoms with van der Waals surface area (Å²) in [6, 6.07) is 4.61. The summed E-state index contributed by atoms with van der Waals surface area (Å²) in [7, 11) is 0. The van der Waals surface area contributed by atoms with Crippen molar-refractivity contribution in [1.82, 2.24) is 15.6 Å². The maximum atomic E-state index is 11.4. The van der Waals surface area contributed by atoms with Gasteiger partial charge >= 0.3 is 6.03 Å². The average molecular weight is 256 g/mol. The molecule has 1 rings (SSSR count). The van der Waals surface area contributed by atoms with E-state index in [4.69, 9.17) is 11.6 Å². The lowest BCUT2D eigenvalue weighted by atomic mass is 10.2.